The van der Waals surface area contributed by atoms with Gasteiger partial charge < -0.3 is 10.5 Å². The minimum Gasteiger partial charge on any atom is -0.464 e. The molecule has 3 heterocycles. The standard InChI is InChI=1S/C15H11N7O5/c1-26-15(25)10-9(22(20-17-10)12-11(16)18-27-19-12)6-21-13(23)7-4-2-3-5-8(7)14(21)24/h2-5H,6H2,1H3,(H2,16,18). The van der Waals surface area contributed by atoms with Gasteiger partial charge in [0.1, 0.15) is 5.69 Å². The van der Waals surface area contributed by atoms with Crippen molar-refractivity contribution in [3.63, 3.8) is 0 Å². The van der Waals surface area contributed by atoms with Crippen LogP contribution in [0.2, 0.25) is 0 Å². The first-order chi connectivity index (χ1) is 13.0. The molecule has 0 radical (unpaired) electrons. The molecule has 2 N–H and O–H groups in total. The van der Waals surface area contributed by atoms with E-state index in [1.165, 1.54) is 7.11 Å². The van der Waals surface area contributed by atoms with Gasteiger partial charge in [-0.2, -0.15) is 4.68 Å². The summed E-state index contributed by atoms with van der Waals surface area (Å²) in [5, 5.41) is 14.6. The molecular weight excluding hydrogens is 358 g/mol. The number of methoxy groups -OCH3 is 1. The molecule has 0 saturated carbocycles. The molecular formula is C15H11N7O5. The van der Waals surface area contributed by atoms with Gasteiger partial charge >= 0.3 is 5.97 Å². The lowest BCUT2D eigenvalue weighted by Gasteiger charge is -2.14. The predicted molar refractivity (Wildman–Crippen MR) is 85.6 cm³/mol. The molecule has 1 aliphatic heterocycles. The summed E-state index contributed by atoms with van der Waals surface area (Å²) in [7, 11) is 1.17. The second kappa shape index (κ2) is 6.01. The predicted octanol–water partition coefficient (Wildman–Crippen LogP) is -0.185. The zero-order chi connectivity index (χ0) is 19.1. The van der Waals surface area contributed by atoms with Gasteiger partial charge in [-0.3, -0.25) is 14.5 Å². The summed E-state index contributed by atoms with van der Waals surface area (Å²) in [5.41, 5.74) is 6.08. The maximum Gasteiger partial charge on any atom is 0.360 e. The Kier molecular flexibility index (Phi) is 3.65. The number of nitrogens with zero attached hydrogens (tertiary/aromatic N) is 6. The minimum absolute atomic E-state index is 0.0377. The van der Waals surface area contributed by atoms with Crippen molar-refractivity contribution >= 4 is 23.6 Å². The van der Waals surface area contributed by atoms with E-state index in [0.717, 1.165) is 9.58 Å². The number of hydrogen-bond acceptors (Lipinski definition) is 10. The molecule has 2 aromatic heterocycles. The number of rotatable bonds is 4. The van der Waals surface area contributed by atoms with Gasteiger partial charge in [-0.05, 0) is 22.4 Å². The number of carbonyl (C=O) groups excluding carboxylic acids is 3. The minimum atomic E-state index is -0.803. The molecule has 1 aromatic carbocycles. The molecule has 0 unspecified atom stereocenters. The fourth-order valence-corrected chi connectivity index (χ4v) is 2.74. The third-order valence-corrected chi connectivity index (χ3v) is 4.02. The Morgan fingerprint density at radius 2 is 1.85 bits per heavy atom. The zero-order valence-corrected chi connectivity index (χ0v) is 13.8. The molecule has 12 heteroatoms. The molecule has 4 rings (SSSR count). The number of imide groups is 1. The van der Waals surface area contributed by atoms with Crippen LogP contribution >= 0.6 is 0 Å². The number of hydrogen-bond donors (Lipinski definition) is 1. The Labute approximate surface area is 150 Å². The highest BCUT2D eigenvalue weighted by molar-refractivity contribution is 6.21. The van der Waals surface area contributed by atoms with Gasteiger partial charge in [0, 0.05) is 0 Å². The number of esters is 1. The SMILES string of the molecule is COC(=O)c1nnn(-c2nonc2N)c1CN1C(=O)c2ccccc2C1=O. The summed E-state index contributed by atoms with van der Waals surface area (Å²) in [5.74, 6) is -1.97. The molecule has 136 valence electrons. The maximum atomic E-state index is 12.6. The van der Waals surface area contributed by atoms with E-state index < -0.39 is 17.8 Å². The van der Waals surface area contributed by atoms with Gasteiger partial charge in [-0.15, -0.1) is 5.10 Å². The number of nitrogen functional groups attached to an aromatic ring is 1. The van der Waals surface area contributed by atoms with Crippen LogP contribution in [-0.4, -0.2) is 55.1 Å². The Morgan fingerprint density at radius 3 is 2.41 bits per heavy atom. The molecule has 0 aliphatic carbocycles. The van der Waals surface area contributed by atoms with Crippen molar-refractivity contribution in [1.29, 1.82) is 0 Å². The number of carbonyl (C=O) groups is 3. The van der Waals surface area contributed by atoms with Gasteiger partial charge in [0.2, 0.25) is 11.6 Å². The summed E-state index contributed by atoms with van der Waals surface area (Å²) in [4.78, 5) is 38.2. The van der Waals surface area contributed by atoms with Crippen molar-refractivity contribution in [2.24, 2.45) is 0 Å². The maximum absolute atomic E-state index is 12.6. The fourth-order valence-electron chi connectivity index (χ4n) is 2.74. The van der Waals surface area contributed by atoms with Crippen molar-refractivity contribution in [1.82, 2.24) is 30.2 Å². The van der Waals surface area contributed by atoms with Gasteiger partial charge in [0.05, 0.1) is 24.8 Å². The van der Waals surface area contributed by atoms with Gasteiger partial charge in [-0.1, -0.05) is 17.3 Å². The van der Waals surface area contributed by atoms with Crippen LogP contribution in [0.4, 0.5) is 5.82 Å². The summed E-state index contributed by atoms with van der Waals surface area (Å²) >= 11 is 0. The Bertz CT molecular complexity index is 1050. The summed E-state index contributed by atoms with van der Waals surface area (Å²) in [6.45, 7) is -0.309. The van der Waals surface area contributed by atoms with Crippen LogP contribution in [-0.2, 0) is 11.3 Å². The molecule has 2 amide bonds. The van der Waals surface area contributed by atoms with Crippen LogP contribution in [0.3, 0.4) is 0 Å². The number of nitrogens with two attached hydrogens (primary N) is 1. The first-order valence-corrected chi connectivity index (χ1v) is 7.59. The molecule has 0 fully saturated rings. The first-order valence-electron chi connectivity index (χ1n) is 7.59. The summed E-state index contributed by atoms with van der Waals surface area (Å²) in [6, 6.07) is 6.40. The van der Waals surface area contributed by atoms with E-state index in [0.29, 0.717) is 0 Å². The summed E-state index contributed by atoms with van der Waals surface area (Å²) < 4.78 is 10.3. The molecule has 0 saturated heterocycles. The second-order valence-electron chi connectivity index (χ2n) is 5.50. The molecule has 1 aliphatic rings. The number of anilines is 1. The molecule has 12 nitrogen and oxygen atoms in total. The van der Waals surface area contributed by atoms with Crippen molar-refractivity contribution in [2.45, 2.75) is 6.54 Å². The van der Waals surface area contributed by atoms with Crippen LogP contribution in [0.15, 0.2) is 28.9 Å². The molecule has 27 heavy (non-hydrogen) atoms. The van der Waals surface area contributed by atoms with Gasteiger partial charge in [0.25, 0.3) is 11.8 Å². The largest absolute Gasteiger partial charge is 0.464 e. The quantitative estimate of drug-likeness (QED) is 0.482. The van der Waals surface area contributed by atoms with Crippen LogP contribution < -0.4 is 5.73 Å². The summed E-state index contributed by atoms with van der Waals surface area (Å²) in [6.07, 6.45) is 0. The molecule has 3 aromatic rings. The third kappa shape index (κ3) is 2.42. The highest BCUT2D eigenvalue weighted by Crippen LogP contribution is 2.26. The number of benzene rings is 1. The smallest absolute Gasteiger partial charge is 0.360 e. The van der Waals surface area contributed by atoms with E-state index in [-0.39, 0.29) is 40.7 Å². The lowest BCUT2D eigenvalue weighted by Crippen LogP contribution is -2.31. The van der Waals surface area contributed by atoms with E-state index >= 15 is 0 Å². The average Bonchev–Trinajstić information content (AvgIpc) is 3.35. The Balaban J connectivity index is 1.79. The monoisotopic (exact) mass is 369 g/mol. The average molecular weight is 369 g/mol. The number of fused-ring (bicyclic) bond motifs is 1. The van der Waals surface area contributed by atoms with Crippen molar-refractivity contribution in [3.8, 4) is 5.82 Å². The fraction of sp³-hybridized carbons (Fsp3) is 0.133. The van der Waals surface area contributed by atoms with Crippen LogP contribution in [0, 0.1) is 0 Å². The molecule has 0 bridgehead atoms. The van der Waals surface area contributed by atoms with Crippen molar-refractivity contribution in [3.05, 3.63) is 46.8 Å². The topological polar surface area (TPSA) is 159 Å². The van der Waals surface area contributed by atoms with Crippen LogP contribution in [0.5, 0.6) is 0 Å². The lowest BCUT2D eigenvalue weighted by atomic mass is 10.1. The van der Waals surface area contributed by atoms with E-state index in [9.17, 15) is 14.4 Å². The normalized spacial score (nSPS) is 13.1. The zero-order valence-electron chi connectivity index (χ0n) is 13.8. The number of amides is 2. The number of ether oxygens (including phenoxy) is 1. The van der Waals surface area contributed by atoms with E-state index in [2.05, 4.69) is 30.0 Å². The van der Waals surface area contributed by atoms with Crippen molar-refractivity contribution in [2.75, 3.05) is 12.8 Å². The lowest BCUT2D eigenvalue weighted by molar-refractivity contribution is 0.0576. The third-order valence-electron chi connectivity index (χ3n) is 4.02. The molecule has 0 spiro atoms. The number of aromatic nitrogens is 5. The van der Waals surface area contributed by atoms with E-state index in [1.54, 1.807) is 24.3 Å². The van der Waals surface area contributed by atoms with E-state index in [4.69, 9.17) is 5.73 Å². The van der Waals surface area contributed by atoms with Crippen LogP contribution in [0.1, 0.15) is 36.9 Å². The highest BCUT2D eigenvalue weighted by Gasteiger charge is 2.37. The molecule has 0 atom stereocenters. The first kappa shape index (κ1) is 16.4. The Morgan fingerprint density at radius 1 is 1.19 bits per heavy atom. The van der Waals surface area contributed by atoms with Gasteiger partial charge in [-0.25, -0.2) is 9.42 Å². The van der Waals surface area contributed by atoms with Crippen molar-refractivity contribution < 1.29 is 23.7 Å². The Hall–Kier alpha value is -4.09. The van der Waals surface area contributed by atoms with Gasteiger partial charge in [0.15, 0.2) is 5.69 Å². The highest BCUT2D eigenvalue weighted by atomic mass is 16.6. The van der Waals surface area contributed by atoms with Crippen LogP contribution in [0.25, 0.3) is 5.82 Å². The van der Waals surface area contributed by atoms with E-state index in [1.807, 2.05) is 0 Å². The second-order valence-corrected chi connectivity index (χ2v) is 5.50.